The first-order valence-corrected chi connectivity index (χ1v) is 8.20. The van der Waals surface area contributed by atoms with Crippen LogP contribution in [0.4, 0.5) is 0 Å². The average molecular weight is 319 g/mol. The van der Waals surface area contributed by atoms with E-state index in [2.05, 4.69) is 15.2 Å². The number of nitrogens with zero attached hydrogens (tertiary/aromatic N) is 2. The fourth-order valence-electron chi connectivity index (χ4n) is 3.64. The standard InChI is InChI=1S/C17H25N3O3/c1-12-14(15(21)22-3)9-13(23-12)10-19-16(18-2)20-8-7-17(11-20)5-4-6-17/h9H,4-8,10-11H2,1-3H3,(H,18,19). The molecule has 126 valence electrons. The predicted molar refractivity (Wildman–Crippen MR) is 87.5 cm³/mol. The number of aryl methyl sites for hydroxylation is 1. The van der Waals surface area contributed by atoms with Gasteiger partial charge in [0.25, 0.3) is 0 Å². The molecule has 1 spiro atoms. The molecule has 1 aliphatic heterocycles. The maximum absolute atomic E-state index is 11.6. The number of furan rings is 1. The highest BCUT2D eigenvalue weighted by Crippen LogP contribution is 2.47. The van der Waals surface area contributed by atoms with Crippen LogP contribution in [0.2, 0.25) is 0 Å². The van der Waals surface area contributed by atoms with Gasteiger partial charge in [0.1, 0.15) is 17.1 Å². The molecule has 1 aromatic heterocycles. The zero-order valence-corrected chi connectivity index (χ0v) is 14.1. The van der Waals surface area contributed by atoms with Gasteiger partial charge in [-0.2, -0.15) is 0 Å². The molecule has 2 fully saturated rings. The molecule has 6 heteroatoms. The van der Waals surface area contributed by atoms with E-state index in [1.807, 2.05) is 0 Å². The van der Waals surface area contributed by atoms with Gasteiger partial charge in [-0.25, -0.2) is 4.79 Å². The Labute approximate surface area is 136 Å². The van der Waals surface area contributed by atoms with Crippen molar-refractivity contribution >= 4 is 11.9 Å². The molecule has 1 saturated heterocycles. The Hall–Kier alpha value is -1.98. The lowest BCUT2D eigenvalue weighted by atomic mass is 9.68. The lowest BCUT2D eigenvalue weighted by Crippen LogP contribution is -2.42. The zero-order chi connectivity index (χ0) is 16.4. The highest BCUT2D eigenvalue weighted by Gasteiger charge is 2.43. The number of likely N-dealkylation sites (tertiary alicyclic amines) is 1. The summed E-state index contributed by atoms with van der Waals surface area (Å²) >= 11 is 0. The maximum atomic E-state index is 11.6. The van der Waals surface area contributed by atoms with E-state index < -0.39 is 0 Å². The van der Waals surface area contributed by atoms with Crippen molar-refractivity contribution in [3.05, 3.63) is 23.2 Å². The van der Waals surface area contributed by atoms with E-state index in [9.17, 15) is 4.79 Å². The first-order valence-electron chi connectivity index (χ1n) is 8.20. The van der Waals surface area contributed by atoms with Crippen molar-refractivity contribution in [2.24, 2.45) is 10.4 Å². The SMILES string of the molecule is CN=C(NCc1cc(C(=O)OC)c(C)o1)N1CCC2(CCC2)C1. The molecule has 2 aliphatic rings. The topological polar surface area (TPSA) is 67.1 Å². The molecular formula is C17H25N3O3. The third-order valence-corrected chi connectivity index (χ3v) is 5.16. The molecule has 3 rings (SSSR count). The van der Waals surface area contributed by atoms with Crippen molar-refractivity contribution in [3.8, 4) is 0 Å². The maximum Gasteiger partial charge on any atom is 0.341 e. The van der Waals surface area contributed by atoms with Crippen LogP contribution < -0.4 is 5.32 Å². The van der Waals surface area contributed by atoms with E-state index in [1.54, 1.807) is 20.0 Å². The first kappa shape index (κ1) is 15.9. The highest BCUT2D eigenvalue weighted by molar-refractivity contribution is 5.90. The van der Waals surface area contributed by atoms with Crippen LogP contribution in [0.1, 0.15) is 47.6 Å². The summed E-state index contributed by atoms with van der Waals surface area (Å²) in [5, 5.41) is 3.34. The normalized spacial score (nSPS) is 19.8. The molecule has 0 bridgehead atoms. The van der Waals surface area contributed by atoms with Gasteiger partial charge in [-0.05, 0) is 37.7 Å². The average Bonchev–Trinajstić information content (AvgIpc) is 3.11. The number of carbonyl (C=O) groups is 1. The smallest absolute Gasteiger partial charge is 0.341 e. The van der Waals surface area contributed by atoms with Gasteiger partial charge in [0, 0.05) is 20.1 Å². The lowest BCUT2D eigenvalue weighted by molar-refractivity contribution is 0.0599. The number of rotatable bonds is 3. The molecule has 0 aromatic carbocycles. The Morgan fingerprint density at radius 3 is 2.83 bits per heavy atom. The van der Waals surface area contributed by atoms with E-state index in [-0.39, 0.29) is 5.97 Å². The van der Waals surface area contributed by atoms with Gasteiger partial charge in [-0.1, -0.05) is 6.42 Å². The first-order chi connectivity index (χ1) is 11.1. The zero-order valence-electron chi connectivity index (χ0n) is 14.1. The number of hydrogen-bond donors (Lipinski definition) is 1. The van der Waals surface area contributed by atoms with Gasteiger partial charge in [-0.15, -0.1) is 0 Å². The summed E-state index contributed by atoms with van der Waals surface area (Å²) in [6.07, 6.45) is 5.32. The monoisotopic (exact) mass is 319 g/mol. The largest absolute Gasteiger partial charge is 0.465 e. The molecule has 0 unspecified atom stereocenters. The third kappa shape index (κ3) is 3.07. The van der Waals surface area contributed by atoms with Crippen LogP contribution in [0.5, 0.6) is 0 Å². The van der Waals surface area contributed by atoms with Gasteiger partial charge in [0.05, 0.1) is 13.7 Å². The number of guanidine groups is 1. The summed E-state index contributed by atoms with van der Waals surface area (Å²) in [5.41, 5.74) is 1.02. The van der Waals surface area contributed by atoms with E-state index in [0.29, 0.717) is 29.0 Å². The summed E-state index contributed by atoms with van der Waals surface area (Å²) in [7, 11) is 3.18. The molecule has 0 atom stereocenters. The Bertz CT molecular complexity index is 617. The van der Waals surface area contributed by atoms with Crippen molar-refractivity contribution in [2.45, 2.75) is 39.2 Å². The minimum Gasteiger partial charge on any atom is -0.465 e. The fourth-order valence-corrected chi connectivity index (χ4v) is 3.64. The van der Waals surface area contributed by atoms with Gasteiger partial charge in [0.2, 0.25) is 0 Å². The number of methoxy groups -OCH3 is 1. The molecular weight excluding hydrogens is 294 g/mol. The van der Waals surface area contributed by atoms with Gasteiger partial charge >= 0.3 is 5.97 Å². The molecule has 6 nitrogen and oxygen atoms in total. The van der Waals surface area contributed by atoms with E-state index in [0.717, 1.165) is 19.0 Å². The Kier molecular flexibility index (Phi) is 4.33. The van der Waals surface area contributed by atoms with Crippen molar-refractivity contribution in [3.63, 3.8) is 0 Å². The minimum atomic E-state index is -0.367. The van der Waals surface area contributed by atoms with Gasteiger partial charge in [0.15, 0.2) is 5.96 Å². The number of ether oxygens (including phenoxy) is 1. The Balaban J connectivity index is 1.59. The molecule has 2 heterocycles. The summed E-state index contributed by atoms with van der Waals surface area (Å²) in [6.45, 7) is 4.43. The Morgan fingerprint density at radius 2 is 2.26 bits per heavy atom. The van der Waals surface area contributed by atoms with Crippen molar-refractivity contribution < 1.29 is 13.9 Å². The summed E-state index contributed by atoms with van der Waals surface area (Å²) in [4.78, 5) is 18.3. The molecule has 1 aromatic rings. The van der Waals surface area contributed by atoms with Crippen LogP contribution in [0.25, 0.3) is 0 Å². The molecule has 1 aliphatic carbocycles. The quantitative estimate of drug-likeness (QED) is 0.526. The van der Waals surface area contributed by atoms with Crippen LogP contribution >= 0.6 is 0 Å². The van der Waals surface area contributed by atoms with Crippen LogP contribution in [0.3, 0.4) is 0 Å². The van der Waals surface area contributed by atoms with E-state index in [4.69, 9.17) is 9.15 Å². The van der Waals surface area contributed by atoms with Crippen LogP contribution in [-0.4, -0.2) is 44.1 Å². The summed E-state index contributed by atoms with van der Waals surface area (Å²) in [6, 6.07) is 1.73. The van der Waals surface area contributed by atoms with Crippen molar-refractivity contribution in [2.75, 3.05) is 27.2 Å². The molecule has 1 N–H and O–H groups in total. The molecule has 1 saturated carbocycles. The number of carbonyl (C=O) groups excluding carboxylic acids is 1. The van der Waals surface area contributed by atoms with E-state index >= 15 is 0 Å². The molecule has 23 heavy (non-hydrogen) atoms. The predicted octanol–water partition coefficient (Wildman–Crippen LogP) is 2.33. The van der Waals surface area contributed by atoms with Crippen molar-refractivity contribution in [1.29, 1.82) is 0 Å². The molecule has 0 radical (unpaired) electrons. The lowest BCUT2D eigenvalue weighted by Gasteiger charge is -2.38. The second-order valence-electron chi connectivity index (χ2n) is 6.60. The molecule has 0 amide bonds. The second kappa shape index (κ2) is 6.26. The summed E-state index contributed by atoms with van der Waals surface area (Å²) < 4.78 is 10.4. The van der Waals surface area contributed by atoms with Crippen LogP contribution in [0, 0.1) is 12.3 Å². The minimum absolute atomic E-state index is 0.367. The van der Waals surface area contributed by atoms with E-state index in [1.165, 1.54) is 32.8 Å². The van der Waals surface area contributed by atoms with Gasteiger partial charge < -0.3 is 19.4 Å². The van der Waals surface area contributed by atoms with Crippen LogP contribution in [-0.2, 0) is 11.3 Å². The number of nitrogens with one attached hydrogen (secondary N) is 1. The number of aliphatic imine (C=N–C) groups is 1. The fraction of sp³-hybridized carbons (Fsp3) is 0.647. The Morgan fingerprint density at radius 1 is 1.48 bits per heavy atom. The second-order valence-corrected chi connectivity index (χ2v) is 6.60. The number of esters is 1. The highest BCUT2D eigenvalue weighted by atomic mass is 16.5. The summed E-state index contributed by atoms with van der Waals surface area (Å²) in [5.74, 6) is 1.83. The van der Waals surface area contributed by atoms with Crippen molar-refractivity contribution in [1.82, 2.24) is 10.2 Å². The third-order valence-electron chi connectivity index (χ3n) is 5.16. The van der Waals surface area contributed by atoms with Crippen LogP contribution in [0.15, 0.2) is 15.5 Å². The van der Waals surface area contributed by atoms with Gasteiger partial charge in [-0.3, -0.25) is 4.99 Å². The number of hydrogen-bond acceptors (Lipinski definition) is 4.